The summed E-state index contributed by atoms with van der Waals surface area (Å²) in [5.74, 6) is 0.500. The van der Waals surface area contributed by atoms with E-state index in [4.69, 9.17) is 16.3 Å². The number of hydrogen-bond acceptors (Lipinski definition) is 6. The van der Waals surface area contributed by atoms with E-state index in [0.717, 1.165) is 11.3 Å². The minimum Gasteiger partial charge on any atom is -0.453 e. The lowest BCUT2D eigenvalue weighted by molar-refractivity contribution is 0.0950. The van der Waals surface area contributed by atoms with E-state index in [-0.39, 0.29) is 17.3 Å². The Hall–Kier alpha value is -4.95. The van der Waals surface area contributed by atoms with Gasteiger partial charge in [-0.3, -0.25) is 14.6 Å². The zero-order valence-electron chi connectivity index (χ0n) is 21.0. The number of nitrogens with one attached hydrogen (secondary N) is 2. The molecule has 8 nitrogen and oxygen atoms in total. The number of carbonyl (C=O) groups is 1. The number of anilines is 2. The number of benzene rings is 3. The number of rotatable bonds is 8. The summed E-state index contributed by atoms with van der Waals surface area (Å²) in [6.07, 6.45) is 3.13. The summed E-state index contributed by atoms with van der Waals surface area (Å²) < 4.78 is 7.28. The molecule has 2 N–H and O–H groups in total. The maximum Gasteiger partial charge on any atom is 0.299 e. The number of halogens is 1. The number of para-hydroxylation sites is 1. The molecule has 0 aliphatic rings. The van der Waals surface area contributed by atoms with Crippen molar-refractivity contribution in [3.8, 4) is 17.2 Å². The van der Waals surface area contributed by atoms with Gasteiger partial charge in [-0.1, -0.05) is 48.0 Å². The Morgan fingerprint density at radius 1 is 0.974 bits per heavy atom. The highest BCUT2D eigenvalue weighted by molar-refractivity contribution is 6.32. The maximum absolute atomic E-state index is 13.7. The minimum atomic E-state index is -0.474. The van der Waals surface area contributed by atoms with Crippen molar-refractivity contribution >= 4 is 28.9 Å². The molecule has 9 heteroatoms. The first-order chi connectivity index (χ1) is 19.0. The summed E-state index contributed by atoms with van der Waals surface area (Å²) >= 11 is 6.36. The van der Waals surface area contributed by atoms with Crippen LogP contribution in [-0.4, -0.2) is 20.7 Å². The number of carbonyl (C=O) groups excluding carboxylic acids is 1. The van der Waals surface area contributed by atoms with Crippen LogP contribution in [0.3, 0.4) is 0 Å². The molecule has 0 aliphatic heterocycles. The Balaban J connectivity index is 1.48. The van der Waals surface area contributed by atoms with Crippen molar-refractivity contribution in [3.63, 3.8) is 0 Å². The average Bonchev–Trinajstić information content (AvgIpc) is 2.95. The van der Waals surface area contributed by atoms with Gasteiger partial charge in [0.15, 0.2) is 11.4 Å². The number of nitrogens with zero attached hydrogens (tertiary/aromatic N) is 3. The molecular formula is C30H24ClN5O3. The van der Waals surface area contributed by atoms with Crippen LogP contribution in [0.1, 0.15) is 21.6 Å². The normalized spacial score (nSPS) is 10.6. The van der Waals surface area contributed by atoms with Gasteiger partial charge in [0, 0.05) is 17.4 Å². The lowest BCUT2D eigenvalue weighted by atomic mass is 10.2. The van der Waals surface area contributed by atoms with E-state index in [1.807, 2.05) is 43.3 Å². The van der Waals surface area contributed by atoms with Gasteiger partial charge in [0.25, 0.3) is 11.5 Å². The van der Waals surface area contributed by atoms with Crippen LogP contribution >= 0.6 is 11.6 Å². The van der Waals surface area contributed by atoms with Crippen molar-refractivity contribution in [1.29, 1.82) is 0 Å². The van der Waals surface area contributed by atoms with Gasteiger partial charge in [-0.05, 0) is 67.1 Å². The molecule has 194 valence electrons. The molecule has 0 radical (unpaired) electrons. The molecule has 0 aliphatic carbocycles. The quantitative estimate of drug-likeness (QED) is 0.250. The number of hydrogen-bond donors (Lipinski definition) is 2. The summed E-state index contributed by atoms with van der Waals surface area (Å²) in [5.41, 5.74) is 2.77. The van der Waals surface area contributed by atoms with Gasteiger partial charge in [-0.15, -0.1) is 0 Å². The maximum atomic E-state index is 13.7. The molecular weight excluding hydrogens is 514 g/mol. The molecule has 0 spiro atoms. The Morgan fingerprint density at radius 2 is 1.79 bits per heavy atom. The van der Waals surface area contributed by atoms with E-state index in [2.05, 4.69) is 20.7 Å². The van der Waals surface area contributed by atoms with Crippen LogP contribution in [0.15, 0.2) is 108 Å². The molecule has 0 fully saturated rings. The third-order valence-corrected chi connectivity index (χ3v) is 6.11. The van der Waals surface area contributed by atoms with Gasteiger partial charge in [-0.25, -0.2) is 0 Å². The first kappa shape index (κ1) is 25.7. The average molecular weight is 538 g/mol. The molecule has 0 atom stereocenters. The predicted octanol–water partition coefficient (Wildman–Crippen LogP) is 6.06. The molecule has 1 amide bonds. The van der Waals surface area contributed by atoms with Gasteiger partial charge in [0.2, 0.25) is 0 Å². The van der Waals surface area contributed by atoms with Crippen LogP contribution in [0.25, 0.3) is 5.69 Å². The van der Waals surface area contributed by atoms with E-state index in [9.17, 15) is 9.59 Å². The Kier molecular flexibility index (Phi) is 7.65. The summed E-state index contributed by atoms with van der Waals surface area (Å²) in [7, 11) is 0. The van der Waals surface area contributed by atoms with E-state index in [0.29, 0.717) is 34.3 Å². The van der Waals surface area contributed by atoms with Crippen molar-refractivity contribution in [1.82, 2.24) is 20.1 Å². The molecule has 0 saturated carbocycles. The first-order valence-corrected chi connectivity index (χ1v) is 12.5. The van der Waals surface area contributed by atoms with E-state index >= 15 is 0 Å². The predicted molar refractivity (Wildman–Crippen MR) is 151 cm³/mol. The fourth-order valence-corrected chi connectivity index (χ4v) is 4.11. The summed E-state index contributed by atoms with van der Waals surface area (Å²) in [6.45, 7) is 2.24. The van der Waals surface area contributed by atoms with E-state index < -0.39 is 5.56 Å². The topological polar surface area (TPSA) is 98.1 Å². The summed E-state index contributed by atoms with van der Waals surface area (Å²) in [4.78, 5) is 30.7. The monoisotopic (exact) mass is 537 g/mol. The number of amides is 1. The van der Waals surface area contributed by atoms with E-state index in [1.165, 1.54) is 10.9 Å². The largest absolute Gasteiger partial charge is 0.453 e. The number of ether oxygens (including phenoxy) is 1. The lowest BCUT2D eigenvalue weighted by Crippen LogP contribution is -2.25. The van der Waals surface area contributed by atoms with Crippen molar-refractivity contribution in [2.24, 2.45) is 0 Å². The first-order valence-electron chi connectivity index (χ1n) is 12.1. The molecule has 0 unspecified atom stereocenters. The van der Waals surface area contributed by atoms with E-state index in [1.54, 1.807) is 60.8 Å². The Bertz CT molecular complexity index is 1690. The molecule has 5 aromatic rings. The second kappa shape index (κ2) is 11.6. The molecule has 0 bridgehead atoms. The standard InChI is InChI=1S/C30H24ClN5O3/c1-20-8-6-12-24(16-20)39-27-19-34-36(26-14-3-2-13-25(26)31)30(38)28(27)35-22-11-7-9-21(17-22)29(37)33-18-23-10-4-5-15-32-23/h2-17,19,35H,18H2,1H3,(H,33,37). The Labute approximate surface area is 229 Å². The van der Waals surface area contributed by atoms with Crippen LogP contribution in [0.4, 0.5) is 11.4 Å². The molecule has 39 heavy (non-hydrogen) atoms. The molecule has 2 aromatic heterocycles. The molecule has 0 saturated heterocycles. The number of aromatic nitrogens is 3. The second-order valence-electron chi connectivity index (χ2n) is 8.68. The third-order valence-electron chi connectivity index (χ3n) is 5.79. The highest BCUT2D eigenvalue weighted by Gasteiger charge is 2.17. The minimum absolute atomic E-state index is 0.137. The van der Waals surface area contributed by atoms with Crippen LogP contribution < -0.4 is 20.9 Å². The van der Waals surface area contributed by atoms with Gasteiger partial charge in [0.05, 0.1) is 29.1 Å². The fraction of sp³-hybridized carbons (Fsp3) is 0.0667. The molecule has 5 rings (SSSR count). The molecule has 2 heterocycles. The number of pyridine rings is 1. The second-order valence-corrected chi connectivity index (χ2v) is 9.09. The summed E-state index contributed by atoms with van der Waals surface area (Å²) in [6, 6.07) is 26.7. The van der Waals surface area contributed by atoms with Crippen LogP contribution in [0, 0.1) is 6.92 Å². The highest BCUT2D eigenvalue weighted by atomic mass is 35.5. The van der Waals surface area contributed by atoms with Crippen LogP contribution in [0.5, 0.6) is 11.5 Å². The zero-order chi connectivity index (χ0) is 27.2. The van der Waals surface area contributed by atoms with Gasteiger partial charge in [-0.2, -0.15) is 9.78 Å². The Morgan fingerprint density at radius 3 is 2.59 bits per heavy atom. The number of aryl methyl sites for hydroxylation is 1. The van der Waals surface area contributed by atoms with Gasteiger partial charge in [0.1, 0.15) is 5.75 Å². The molecule has 3 aromatic carbocycles. The van der Waals surface area contributed by atoms with Crippen molar-refractivity contribution < 1.29 is 9.53 Å². The van der Waals surface area contributed by atoms with Crippen molar-refractivity contribution in [2.45, 2.75) is 13.5 Å². The van der Waals surface area contributed by atoms with Crippen LogP contribution in [0.2, 0.25) is 5.02 Å². The summed E-state index contributed by atoms with van der Waals surface area (Å²) in [5, 5.41) is 10.7. The SMILES string of the molecule is Cc1cccc(Oc2cnn(-c3ccccc3Cl)c(=O)c2Nc2cccc(C(=O)NCc3ccccn3)c2)c1. The zero-order valence-corrected chi connectivity index (χ0v) is 21.7. The van der Waals surface area contributed by atoms with Gasteiger partial charge < -0.3 is 15.4 Å². The lowest BCUT2D eigenvalue weighted by Gasteiger charge is -2.15. The third kappa shape index (κ3) is 6.14. The van der Waals surface area contributed by atoms with Crippen molar-refractivity contribution in [2.75, 3.05) is 5.32 Å². The smallest absolute Gasteiger partial charge is 0.299 e. The highest BCUT2D eigenvalue weighted by Crippen LogP contribution is 2.30. The van der Waals surface area contributed by atoms with Crippen LogP contribution in [-0.2, 0) is 6.54 Å². The van der Waals surface area contributed by atoms with Gasteiger partial charge >= 0.3 is 0 Å². The fourth-order valence-electron chi connectivity index (χ4n) is 3.89. The van der Waals surface area contributed by atoms with Crippen molar-refractivity contribution in [3.05, 3.63) is 136 Å².